The second-order valence-electron chi connectivity index (χ2n) is 5.34. The molecular weight excluding hydrogens is 434 g/mol. The molecule has 2 aromatic rings. The molecule has 0 aliphatic heterocycles. The average Bonchev–Trinajstić information content (AvgIpc) is 2.80. The summed E-state index contributed by atoms with van der Waals surface area (Å²) in [4.78, 5) is 29.8. The standard InChI is InChI=1S/C12H16F2N6O3.C6H6.C2H6.C2H2/c1-6(21)19-10(16)7-5-18-9(4-8(7)15)20-12(22)17-2-3-23-11(13)14;1-2-4-6-5-3-1;2*1-2/h4-5,11H,2-3H2,1H3,(H2,16,19,21)(H4,15,17,18,20,22);1-6H;1-2H3;1-2H. The third-order valence-corrected chi connectivity index (χ3v) is 3.03. The first kappa shape index (κ1) is 31.1. The van der Waals surface area contributed by atoms with Gasteiger partial charge < -0.3 is 21.5 Å². The number of carbonyl (C=O) groups excluding carboxylic acids is 2. The van der Waals surface area contributed by atoms with Crippen LogP contribution in [0.2, 0.25) is 0 Å². The van der Waals surface area contributed by atoms with Crippen molar-refractivity contribution in [2.45, 2.75) is 27.4 Å². The summed E-state index contributed by atoms with van der Waals surface area (Å²) in [5.41, 5.74) is 11.7. The Labute approximate surface area is 192 Å². The number of amides is 3. The number of rotatable bonds is 6. The Morgan fingerprint density at radius 1 is 1.15 bits per heavy atom. The molecule has 0 radical (unpaired) electrons. The lowest BCUT2D eigenvalue weighted by Crippen LogP contribution is -2.32. The van der Waals surface area contributed by atoms with Gasteiger partial charge in [-0.2, -0.15) is 13.8 Å². The molecule has 1 aromatic heterocycles. The summed E-state index contributed by atoms with van der Waals surface area (Å²) in [7, 11) is 0. The number of benzene rings is 1. The van der Waals surface area contributed by atoms with Gasteiger partial charge in [0.15, 0.2) is 0 Å². The van der Waals surface area contributed by atoms with Gasteiger partial charge >= 0.3 is 12.6 Å². The molecule has 0 spiro atoms. The van der Waals surface area contributed by atoms with Gasteiger partial charge in [0, 0.05) is 31.4 Å². The number of urea groups is 1. The topological polar surface area (TPSA) is 145 Å². The summed E-state index contributed by atoms with van der Waals surface area (Å²) >= 11 is 0. The zero-order valence-corrected chi connectivity index (χ0v) is 18.8. The highest BCUT2D eigenvalue weighted by Crippen LogP contribution is 2.14. The lowest BCUT2D eigenvalue weighted by molar-refractivity contribution is -0.126. The molecular formula is C22H30F2N6O3. The van der Waals surface area contributed by atoms with Crippen LogP contribution in [0.25, 0.3) is 0 Å². The van der Waals surface area contributed by atoms with E-state index in [4.69, 9.17) is 11.5 Å². The third-order valence-electron chi connectivity index (χ3n) is 3.03. The van der Waals surface area contributed by atoms with Gasteiger partial charge in [0.1, 0.15) is 11.7 Å². The second kappa shape index (κ2) is 19.9. The Hall–Kier alpha value is -4.04. The van der Waals surface area contributed by atoms with E-state index in [1.54, 1.807) is 0 Å². The number of alkyl halides is 2. The van der Waals surface area contributed by atoms with Crippen LogP contribution in [0.15, 0.2) is 53.7 Å². The number of nitrogens with zero attached hydrogens (tertiary/aromatic N) is 2. The van der Waals surface area contributed by atoms with E-state index in [0.717, 1.165) is 0 Å². The van der Waals surface area contributed by atoms with E-state index < -0.39 is 18.5 Å². The van der Waals surface area contributed by atoms with Crippen molar-refractivity contribution in [1.29, 1.82) is 0 Å². The van der Waals surface area contributed by atoms with Crippen molar-refractivity contribution >= 4 is 29.3 Å². The number of anilines is 2. The van der Waals surface area contributed by atoms with Crippen LogP contribution >= 0.6 is 0 Å². The van der Waals surface area contributed by atoms with E-state index in [1.807, 2.05) is 50.2 Å². The molecule has 1 aromatic carbocycles. The van der Waals surface area contributed by atoms with Crippen LogP contribution in [-0.2, 0) is 9.53 Å². The quantitative estimate of drug-likeness (QED) is 0.224. The second-order valence-corrected chi connectivity index (χ2v) is 5.34. The van der Waals surface area contributed by atoms with Crippen LogP contribution in [0, 0.1) is 12.8 Å². The molecule has 0 bridgehead atoms. The minimum absolute atomic E-state index is 0.0948. The number of nitrogen functional groups attached to an aromatic ring is 1. The number of carbonyl (C=O) groups is 2. The van der Waals surface area contributed by atoms with Gasteiger partial charge in [0.05, 0.1) is 12.2 Å². The molecule has 0 saturated carbocycles. The van der Waals surface area contributed by atoms with Crippen molar-refractivity contribution < 1.29 is 23.1 Å². The van der Waals surface area contributed by atoms with E-state index in [0.29, 0.717) is 0 Å². The number of ether oxygens (including phenoxy) is 1. The molecule has 11 heteroatoms. The molecule has 6 N–H and O–H groups in total. The highest BCUT2D eigenvalue weighted by atomic mass is 19.3. The molecule has 0 saturated heterocycles. The molecule has 0 aliphatic rings. The number of hydrogen-bond acceptors (Lipinski definition) is 5. The maximum absolute atomic E-state index is 11.7. The maximum atomic E-state index is 11.7. The largest absolute Gasteiger partial charge is 0.398 e. The van der Waals surface area contributed by atoms with Gasteiger partial charge in [-0.25, -0.2) is 9.78 Å². The number of pyridine rings is 1. The number of amidine groups is 1. The summed E-state index contributed by atoms with van der Waals surface area (Å²) in [6, 6.07) is 12.6. The molecule has 0 unspecified atom stereocenters. The van der Waals surface area contributed by atoms with E-state index >= 15 is 0 Å². The highest BCUT2D eigenvalue weighted by molar-refractivity contribution is 6.07. The van der Waals surface area contributed by atoms with Gasteiger partial charge in [-0.1, -0.05) is 50.2 Å². The minimum Gasteiger partial charge on any atom is -0.398 e. The van der Waals surface area contributed by atoms with Crippen LogP contribution in [0.4, 0.5) is 25.1 Å². The first-order chi connectivity index (χ1) is 15.8. The fraction of sp³-hybridized carbons (Fsp3) is 0.273. The van der Waals surface area contributed by atoms with Crippen LogP contribution in [0.3, 0.4) is 0 Å². The number of nitrogens with two attached hydrogens (primary N) is 2. The SMILES string of the molecule is C#C.CC.CC(=O)N=C(N)c1cnc(NC(=O)NCCOC(F)F)cc1N.c1ccccc1. The van der Waals surface area contributed by atoms with Gasteiger partial charge in [-0.05, 0) is 0 Å². The summed E-state index contributed by atoms with van der Waals surface area (Å²) in [6.07, 6.45) is 9.24. The molecule has 0 fully saturated rings. The van der Waals surface area contributed by atoms with Gasteiger partial charge in [-0.15, -0.1) is 12.8 Å². The lowest BCUT2D eigenvalue weighted by atomic mass is 10.2. The number of halogens is 2. The van der Waals surface area contributed by atoms with Crippen molar-refractivity contribution in [2.24, 2.45) is 10.7 Å². The zero-order valence-electron chi connectivity index (χ0n) is 18.8. The van der Waals surface area contributed by atoms with E-state index in [2.05, 4.69) is 38.2 Å². The average molecular weight is 465 g/mol. The number of aliphatic imine (C=N–C) groups is 1. The summed E-state index contributed by atoms with van der Waals surface area (Å²) in [5, 5.41) is 4.63. The Bertz CT molecular complexity index is 835. The normalized spacial score (nSPS) is 9.64. The predicted molar refractivity (Wildman–Crippen MR) is 127 cm³/mol. The Balaban J connectivity index is 0. The van der Waals surface area contributed by atoms with Crippen molar-refractivity contribution in [3.8, 4) is 12.8 Å². The monoisotopic (exact) mass is 464 g/mol. The number of aromatic nitrogens is 1. The van der Waals surface area contributed by atoms with Crippen molar-refractivity contribution in [1.82, 2.24) is 10.3 Å². The fourth-order valence-corrected chi connectivity index (χ4v) is 1.84. The molecule has 9 nitrogen and oxygen atoms in total. The Kier molecular flexibility index (Phi) is 18.8. The molecule has 0 atom stereocenters. The minimum atomic E-state index is -2.89. The van der Waals surface area contributed by atoms with E-state index in [9.17, 15) is 18.4 Å². The van der Waals surface area contributed by atoms with Crippen LogP contribution in [0.1, 0.15) is 26.3 Å². The summed E-state index contributed by atoms with van der Waals surface area (Å²) < 4.78 is 27.4. The van der Waals surface area contributed by atoms with E-state index in [-0.39, 0.29) is 36.1 Å². The van der Waals surface area contributed by atoms with E-state index in [1.165, 1.54) is 19.2 Å². The van der Waals surface area contributed by atoms with Crippen molar-refractivity contribution in [2.75, 3.05) is 24.2 Å². The number of hydrogen-bond donors (Lipinski definition) is 4. The zero-order chi connectivity index (χ0) is 25.6. The molecule has 180 valence electrons. The van der Waals surface area contributed by atoms with Gasteiger partial charge in [0.2, 0.25) is 5.91 Å². The molecule has 0 aliphatic carbocycles. The predicted octanol–water partition coefficient (Wildman–Crippen LogP) is 3.24. The Morgan fingerprint density at radius 3 is 2.09 bits per heavy atom. The molecule has 3 amide bonds. The number of nitrogens with one attached hydrogen (secondary N) is 2. The first-order valence-corrected chi connectivity index (χ1v) is 9.68. The Morgan fingerprint density at radius 2 is 1.67 bits per heavy atom. The first-order valence-electron chi connectivity index (χ1n) is 9.68. The highest BCUT2D eigenvalue weighted by Gasteiger charge is 2.09. The molecule has 33 heavy (non-hydrogen) atoms. The summed E-state index contributed by atoms with van der Waals surface area (Å²) in [5.74, 6) is -0.480. The van der Waals surface area contributed by atoms with Gasteiger partial charge in [-0.3, -0.25) is 10.1 Å². The van der Waals surface area contributed by atoms with Crippen LogP contribution in [-0.4, -0.2) is 42.5 Å². The number of terminal acetylenes is 1. The van der Waals surface area contributed by atoms with Gasteiger partial charge in [0.25, 0.3) is 0 Å². The smallest absolute Gasteiger partial charge is 0.345 e. The van der Waals surface area contributed by atoms with Crippen LogP contribution in [0.5, 0.6) is 0 Å². The van der Waals surface area contributed by atoms with Crippen LogP contribution < -0.4 is 22.1 Å². The van der Waals surface area contributed by atoms with Crippen molar-refractivity contribution in [3.05, 3.63) is 54.2 Å². The lowest BCUT2D eigenvalue weighted by Gasteiger charge is -2.09. The summed E-state index contributed by atoms with van der Waals surface area (Å²) in [6.45, 7) is 1.89. The van der Waals surface area contributed by atoms with Crippen molar-refractivity contribution in [3.63, 3.8) is 0 Å². The molecule has 1 heterocycles. The third kappa shape index (κ3) is 16.3. The molecule has 2 rings (SSSR count). The maximum Gasteiger partial charge on any atom is 0.345 e. The fourth-order valence-electron chi connectivity index (χ4n) is 1.84.